The number of hydrogen-bond acceptors (Lipinski definition) is 13. The first-order chi connectivity index (χ1) is 14.3. The summed E-state index contributed by atoms with van der Waals surface area (Å²) in [7, 11) is 0. The molecule has 0 aliphatic carbocycles. The molecule has 0 saturated heterocycles. The molecule has 0 spiro atoms. The molecule has 0 unspecified atom stereocenters. The van der Waals surface area contributed by atoms with Crippen LogP contribution in [0.1, 0.15) is 0 Å². The van der Waals surface area contributed by atoms with E-state index >= 15 is 0 Å². The fourth-order valence-electron chi connectivity index (χ4n) is 2.36. The van der Waals surface area contributed by atoms with E-state index in [4.69, 9.17) is 0 Å². The molecule has 0 aromatic heterocycles. The molecule has 0 bridgehead atoms. The van der Waals surface area contributed by atoms with Crippen molar-refractivity contribution in [2.45, 2.75) is 0 Å². The molecule has 2 aromatic carbocycles. The smallest absolute Gasteiger partial charge is 0.333 e. The summed E-state index contributed by atoms with van der Waals surface area (Å²) in [6.45, 7) is 0. The van der Waals surface area contributed by atoms with Crippen LogP contribution < -0.4 is 34.9 Å². The maximum absolute atomic E-state index is 11.3. The van der Waals surface area contributed by atoms with Crippen molar-refractivity contribution in [1.82, 2.24) is 0 Å². The predicted octanol–water partition coefficient (Wildman–Crippen LogP) is -0.117. The van der Waals surface area contributed by atoms with E-state index < -0.39 is 75.0 Å². The van der Waals surface area contributed by atoms with Gasteiger partial charge in [0.15, 0.2) is 11.4 Å². The number of non-ortho nitro benzene ring substituents is 2. The first-order valence-electron chi connectivity index (χ1n) is 7.34. The topological polar surface area (TPSA) is 271 Å². The van der Waals surface area contributed by atoms with Crippen molar-refractivity contribution >= 4 is 45.5 Å². The Bertz CT molecular complexity index is 1040. The van der Waals surface area contributed by atoms with Gasteiger partial charge in [-0.2, -0.15) is 0 Å². The summed E-state index contributed by atoms with van der Waals surface area (Å²) in [5.74, 6) is 0. The molecule has 0 amide bonds. The normalized spacial score (nSPS) is 9.88. The van der Waals surface area contributed by atoms with Gasteiger partial charge in [0.25, 0.3) is 11.4 Å². The number of nitro benzene ring substituents is 6. The Kier molecular flexibility index (Phi) is 7.73. The van der Waals surface area contributed by atoms with Crippen molar-refractivity contribution in [3.05, 3.63) is 85.0 Å². The minimum atomic E-state index is -1.30. The third-order valence-corrected chi connectivity index (χ3v) is 3.62. The molecule has 160 valence electrons. The number of nitro groups is 6. The molecular weight excluding hydrogens is 457 g/mol. The summed E-state index contributed by atoms with van der Waals surface area (Å²) in [4.78, 5) is 59.5. The molecule has 2 aromatic rings. The van der Waals surface area contributed by atoms with Crippen molar-refractivity contribution in [2.75, 3.05) is 5.32 Å². The third-order valence-electron chi connectivity index (χ3n) is 3.62. The van der Waals surface area contributed by atoms with Crippen LogP contribution in [0.25, 0.3) is 0 Å². The maximum Gasteiger partial charge on any atom is 1.00 e. The fourth-order valence-corrected chi connectivity index (χ4v) is 2.36. The second-order valence-corrected chi connectivity index (χ2v) is 5.39. The summed E-state index contributed by atoms with van der Waals surface area (Å²) in [6, 6.07) is 1.16. The molecule has 20 heteroatoms. The summed E-state index contributed by atoms with van der Waals surface area (Å²) < 4.78 is 0. The number of nitrogens with one attached hydrogen (secondary N) is 1. The van der Waals surface area contributed by atoms with Crippen LogP contribution in [0.4, 0.5) is 45.5 Å². The predicted molar refractivity (Wildman–Crippen MR) is 96.1 cm³/mol. The van der Waals surface area contributed by atoms with E-state index in [1.54, 1.807) is 0 Å². The molecule has 0 heterocycles. The van der Waals surface area contributed by atoms with Gasteiger partial charge in [0.05, 0.1) is 53.8 Å². The van der Waals surface area contributed by atoms with Gasteiger partial charge in [0.1, 0.15) is 0 Å². The van der Waals surface area contributed by atoms with Crippen molar-refractivity contribution in [3.63, 3.8) is 0 Å². The van der Waals surface area contributed by atoms with Gasteiger partial charge in [0, 0.05) is 0 Å². The molecule has 2 rings (SSSR count). The monoisotopic (exact) mass is 462 g/mol. The third kappa shape index (κ3) is 5.03. The molecule has 0 aliphatic rings. The Morgan fingerprint density at radius 2 is 0.688 bits per heavy atom. The van der Waals surface area contributed by atoms with E-state index in [9.17, 15) is 60.7 Å². The first-order valence-corrected chi connectivity index (χ1v) is 7.34. The number of benzene rings is 2. The number of nitrogens with zero attached hydrogens (tertiary/aromatic N) is 6. The van der Waals surface area contributed by atoms with Gasteiger partial charge in [-0.05, 0) is 0 Å². The Hall–Kier alpha value is -4.36. The quantitative estimate of drug-likeness (QED) is 0.305. The van der Waals surface area contributed by atoms with Crippen LogP contribution in [0.2, 0.25) is 0 Å². The molecule has 0 saturated carbocycles. The van der Waals surface area contributed by atoms with Crippen LogP contribution in [0.5, 0.6) is 0 Å². The second-order valence-electron chi connectivity index (χ2n) is 5.39. The minimum Gasteiger partial charge on any atom is -0.333 e. The molecule has 19 nitrogen and oxygen atoms in total. The largest absolute Gasteiger partial charge is 1.00 e. The number of rotatable bonds is 8. The van der Waals surface area contributed by atoms with E-state index in [1.807, 2.05) is 5.32 Å². The van der Waals surface area contributed by atoms with E-state index in [0.29, 0.717) is 24.3 Å². The molecule has 0 aliphatic heterocycles. The fraction of sp³-hybridized carbons (Fsp3) is 0. The summed E-state index contributed by atoms with van der Waals surface area (Å²) in [5.41, 5.74) is -9.66. The molecule has 1 N–H and O–H groups in total. The Balaban J connectivity index is 0.00000512. The van der Waals surface area contributed by atoms with Crippen LogP contribution in [0.15, 0.2) is 24.3 Å². The Morgan fingerprint density at radius 3 is 0.844 bits per heavy atom. The first kappa shape index (κ1) is 25.7. The maximum atomic E-state index is 11.3. The summed E-state index contributed by atoms with van der Waals surface area (Å²) in [6.07, 6.45) is 0. The van der Waals surface area contributed by atoms with Gasteiger partial charge in [-0.3, -0.25) is 60.7 Å². The van der Waals surface area contributed by atoms with Gasteiger partial charge >= 0.3 is 52.3 Å². The zero-order chi connectivity index (χ0) is 23.6. The average Bonchev–Trinajstić information content (AvgIpc) is 2.66. The minimum absolute atomic E-state index is 0. The van der Waals surface area contributed by atoms with Crippen molar-refractivity contribution in [1.29, 1.82) is 0 Å². The summed E-state index contributed by atoms with van der Waals surface area (Å²) >= 11 is 0. The van der Waals surface area contributed by atoms with Crippen LogP contribution in [0.3, 0.4) is 0 Å². The zero-order valence-electron chi connectivity index (χ0n) is 15.4. The van der Waals surface area contributed by atoms with E-state index in [0.717, 1.165) is 0 Å². The number of anilines is 2. The average molecular weight is 462 g/mol. The molecular formula is C12H5N7NaO12+. The van der Waals surface area contributed by atoms with Crippen LogP contribution >= 0.6 is 0 Å². The van der Waals surface area contributed by atoms with Crippen LogP contribution in [-0.2, 0) is 0 Å². The van der Waals surface area contributed by atoms with Crippen LogP contribution in [0, 0.1) is 60.7 Å². The van der Waals surface area contributed by atoms with Crippen molar-refractivity contribution in [3.8, 4) is 0 Å². The summed E-state index contributed by atoms with van der Waals surface area (Å²) in [5, 5.41) is 68.9. The molecule has 0 radical (unpaired) electrons. The molecule has 32 heavy (non-hydrogen) atoms. The van der Waals surface area contributed by atoms with Crippen molar-refractivity contribution in [2.24, 2.45) is 0 Å². The standard InChI is InChI=1S/C12H5N7O12.Na/c20-14(21)5-1-7(16(24)25)11(8(2-5)17(26)27)13-12-9(18(28)29)3-6(15(22)23)4-10(12)19(30)31;/h1-4,13H;/q;+1. The van der Waals surface area contributed by atoms with E-state index in [1.165, 1.54) is 0 Å². The Morgan fingerprint density at radius 1 is 0.469 bits per heavy atom. The second kappa shape index (κ2) is 9.63. The van der Waals surface area contributed by atoms with Gasteiger partial charge in [0.2, 0.25) is 0 Å². The van der Waals surface area contributed by atoms with Crippen LogP contribution in [-0.4, -0.2) is 29.5 Å². The van der Waals surface area contributed by atoms with Crippen molar-refractivity contribution < 1.29 is 59.1 Å². The van der Waals surface area contributed by atoms with Gasteiger partial charge in [-0.1, -0.05) is 0 Å². The van der Waals surface area contributed by atoms with Gasteiger partial charge < -0.3 is 5.32 Å². The van der Waals surface area contributed by atoms with E-state index in [2.05, 4.69) is 0 Å². The Labute approximate surface area is 194 Å². The van der Waals surface area contributed by atoms with Gasteiger partial charge in [-0.25, -0.2) is 0 Å². The molecule has 0 atom stereocenters. The molecule has 0 fully saturated rings. The SMILES string of the molecule is O=[N+]([O-])c1cc([N+](=O)[O-])c(Nc2c([N+](=O)[O-])cc([N+](=O)[O-])cc2[N+](=O)[O-])c([N+](=O)[O-])c1.[Na+]. The van der Waals surface area contributed by atoms with E-state index in [-0.39, 0.29) is 29.6 Å². The zero-order valence-corrected chi connectivity index (χ0v) is 17.4. The number of hydrogen-bond donors (Lipinski definition) is 1. The van der Waals surface area contributed by atoms with Gasteiger partial charge in [-0.15, -0.1) is 0 Å².